The summed E-state index contributed by atoms with van der Waals surface area (Å²) in [6.45, 7) is -0.313. The summed E-state index contributed by atoms with van der Waals surface area (Å²) in [5.41, 5.74) is 0.239. The van der Waals surface area contributed by atoms with Gasteiger partial charge in [0.25, 0.3) is 0 Å². The number of rotatable bonds is 3. The second-order valence-corrected chi connectivity index (χ2v) is 9.20. The molecular formula is C21H31NO6. The summed E-state index contributed by atoms with van der Waals surface area (Å²) in [7, 11) is 1.57. The Morgan fingerprint density at radius 3 is 2.36 bits per heavy atom. The fourth-order valence-electron chi connectivity index (χ4n) is 6.73. The summed E-state index contributed by atoms with van der Waals surface area (Å²) in [6.07, 6.45) is 1.68. The van der Waals surface area contributed by atoms with Gasteiger partial charge < -0.3 is 25.5 Å². The van der Waals surface area contributed by atoms with Crippen LogP contribution in [0.25, 0.3) is 0 Å². The van der Waals surface area contributed by atoms with Gasteiger partial charge in [-0.15, -0.1) is 0 Å². The van der Waals surface area contributed by atoms with Crippen molar-refractivity contribution in [2.75, 3.05) is 13.7 Å². The normalized spacial score (nSPS) is 48.4. The lowest BCUT2D eigenvalue weighted by molar-refractivity contribution is -0.187. The molecule has 0 aliphatic heterocycles. The average molecular weight is 393 g/mol. The molecule has 156 valence electrons. The van der Waals surface area contributed by atoms with Crippen LogP contribution < -0.4 is 0 Å². The number of hydrogen-bond acceptors (Lipinski definition) is 7. The number of aliphatic hydroxyl groups excluding tert-OH is 3. The SMILES string of the molecule is COC1CCCC2C(=O)C3C(O)C4C[C@@H](C(=N)CO)CCC4C(O)C3C(=O)C12. The molecule has 7 nitrogen and oxygen atoms in total. The van der Waals surface area contributed by atoms with E-state index in [2.05, 4.69) is 0 Å². The molecule has 0 spiro atoms. The number of hydrogen-bond donors (Lipinski definition) is 4. The van der Waals surface area contributed by atoms with E-state index >= 15 is 0 Å². The van der Waals surface area contributed by atoms with Crippen LogP contribution >= 0.6 is 0 Å². The maximum Gasteiger partial charge on any atom is 0.145 e. The predicted molar refractivity (Wildman–Crippen MR) is 99.8 cm³/mol. The van der Waals surface area contributed by atoms with Gasteiger partial charge >= 0.3 is 0 Å². The molecule has 9 unspecified atom stereocenters. The minimum absolute atomic E-state index is 0.0966. The van der Waals surface area contributed by atoms with E-state index in [0.717, 1.165) is 12.8 Å². The maximum atomic E-state index is 13.4. The zero-order chi connectivity index (χ0) is 20.2. The number of methoxy groups -OCH3 is 1. The number of ketones is 2. The highest BCUT2D eigenvalue weighted by Crippen LogP contribution is 2.53. The molecule has 0 heterocycles. The van der Waals surface area contributed by atoms with E-state index in [1.165, 1.54) is 0 Å². The smallest absolute Gasteiger partial charge is 0.145 e. The number of fused-ring (bicyclic) bond motifs is 3. The summed E-state index contributed by atoms with van der Waals surface area (Å²) >= 11 is 0. The number of nitrogens with one attached hydrogen (secondary N) is 1. The summed E-state index contributed by atoms with van der Waals surface area (Å²) in [6, 6.07) is 0. The van der Waals surface area contributed by atoms with Gasteiger partial charge in [0.15, 0.2) is 0 Å². The second kappa shape index (κ2) is 7.59. The molecule has 7 heteroatoms. The van der Waals surface area contributed by atoms with Crippen molar-refractivity contribution in [2.24, 2.45) is 41.4 Å². The van der Waals surface area contributed by atoms with Gasteiger partial charge in [-0.05, 0) is 49.9 Å². The third-order valence-electron chi connectivity index (χ3n) is 8.11. The molecule has 4 rings (SSSR count). The first kappa shape index (κ1) is 20.1. The van der Waals surface area contributed by atoms with Crippen molar-refractivity contribution in [2.45, 2.75) is 56.8 Å². The van der Waals surface area contributed by atoms with Crippen LogP contribution in [-0.4, -0.2) is 64.6 Å². The lowest BCUT2D eigenvalue weighted by Gasteiger charge is -2.55. The highest BCUT2D eigenvalue weighted by molar-refractivity contribution is 6.01. The topological polar surface area (TPSA) is 128 Å². The minimum Gasteiger partial charge on any atom is -0.392 e. The molecule has 4 N–H and O–H groups in total. The van der Waals surface area contributed by atoms with Crippen LogP contribution in [0.2, 0.25) is 0 Å². The molecule has 4 aliphatic carbocycles. The van der Waals surface area contributed by atoms with E-state index < -0.39 is 35.9 Å². The van der Waals surface area contributed by atoms with Gasteiger partial charge in [-0.1, -0.05) is 6.42 Å². The van der Waals surface area contributed by atoms with Crippen LogP contribution in [0.1, 0.15) is 38.5 Å². The van der Waals surface area contributed by atoms with Crippen molar-refractivity contribution < 1.29 is 29.6 Å². The molecule has 10 atom stereocenters. The summed E-state index contributed by atoms with van der Waals surface area (Å²) in [5, 5.41) is 39.5. The minimum atomic E-state index is -0.979. The van der Waals surface area contributed by atoms with E-state index in [-0.39, 0.29) is 47.7 Å². The number of Topliss-reactive ketones (excluding diaryl/α,β-unsaturated/α-hetero) is 2. The summed E-state index contributed by atoms with van der Waals surface area (Å²) in [5.74, 6) is -3.58. The van der Waals surface area contributed by atoms with E-state index in [4.69, 9.17) is 10.1 Å². The third kappa shape index (κ3) is 2.90. The van der Waals surface area contributed by atoms with E-state index in [0.29, 0.717) is 25.7 Å². The van der Waals surface area contributed by atoms with Crippen molar-refractivity contribution in [3.63, 3.8) is 0 Å². The molecule has 0 bridgehead atoms. The molecule has 0 radical (unpaired) electrons. The van der Waals surface area contributed by atoms with Crippen LogP contribution in [0, 0.1) is 46.8 Å². The van der Waals surface area contributed by atoms with Crippen LogP contribution in [0.15, 0.2) is 0 Å². The maximum absolute atomic E-state index is 13.4. The van der Waals surface area contributed by atoms with Crippen molar-refractivity contribution >= 4 is 17.3 Å². The zero-order valence-corrected chi connectivity index (χ0v) is 16.3. The first-order chi connectivity index (χ1) is 13.4. The Hall–Kier alpha value is -1.15. The van der Waals surface area contributed by atoms with Gasteiger partial charge in [-0.2, -0.15) is 0 Å². The number of aliphatic hydroxyl groups is 3. The standard InChI is InChI=1S/C21H31NO6/c1-28-14-4-2-3-11-15(14)21(27)17-16(19(11)25)20(26)12-7-9(13(22)8-23)5-6-10(12)18(17)24/h9-12,14-18,20,22-24,26H,2-8H2,1H3/t9-,10?,11?,12?,14?,15?,16?,17?,18?,20?/m0/s1. The molecule has 0 aromatic heterocycles. The van der Waals surface area contributed by atoms with Gasteiger partial charge in [-0.25, -0.2) is 0 Å². The Morgan fingerprint density at radius 2 is 1.68 bits per heavy atom. The molecule has 0 saturated heterocycles. The van der Waals surface area contributed by atoms with E-state index in [9.17, 15) is 24.9 Å². The Labute approximate surface area is 165 Å². The van der Waals surface area contributed by atoms with E-state index in [1.807, 2.05) is 0 Å². The third-order valence-corrected chi connectivity index (χ3v) is 8.11. The predicted octanol–water partition coefficient (Wildman–Crippen LogP) is 0.582. The molecular weight excluding hydrogens is 362 g/mol. The Morgan fingerprint density at radius 1 is 1.00 bits per heavy atom. The van der Waals surface area contributed by atoms with Gasteiger partial charge in [0, 0.05) is 18.7 Å². The van der Waals surface area contributed by atoms with Crippen LogP contribution in [0.4, 0.5) is 0 Å². The zero-order valence-electron chi connectivity index (χ0n) is 16.3. The van der Waals surface area contributed by atoms with E-state index in [1.54, 1.807) is 7.11 Å². The van der Waals surface area contributed by atoms with Gasteiger partial charge in [0.2, 0.25) is 0 Å². The second-order valence-electron chi connectivity index (χ2n) is 9.20. The van der Waals surface area contributed by atoms with Crippen LogP contribution in [0.3, 0.4) is 0 Å². The van der Waals surface area contributed by atoms with Crippen molar-refractivity contribution in [3.05, 3.63) is 0 Å². The quantitative estimate of drug-likeness (QED) is 0.520. The summed E-state index contributed by atoms with van der Waals surface area (Å²) < 4.78 is 5.52. The average Bonchev–Trinajstić information content (AvgIpc) is 2.72. The van der Waals surface area contributed by atoms with Crippen molar-refractivity contribution in [1.82, 2.24) is 0 Å². The Balaban J connectivity index is 1.65. The molecule has 0 amide bonds. The molecule has 0 aromatic carbocycles. The monoisotopic (exact) mass is 393 g/mol. The number of carbonyl (C=O) groups is 2. The van der Waals surface area contributed by atoms with Gasteiger partial charge in [0.1, 0.15) is 11.6 Å². The highest BCUT2D eigenvalue weighted by atomic mass is 16.5. The van der Waals surface area contributed by atoms with Crippen molar-refractivity contribution in [1.29, 1.82) is 5.41 Å². The van der Waals surface area contributed by atoms with Crippen LogP contribution in [-0.2, 0) is 14.3 Å². The molecule has 4 saturated carbocycles. The fraction of sp³-hybridized carbons (Fsp3) is 0.857. The molecule has 4 fully saturated rings. The largest absolute Gasteiger partial charge is 0.392 e. The van der Waals surface area contributed by atoms with Gasteiger partial charge in [0.05, 0.1) is 42.7 Å². The van der Waals surface area contributed by atoms with Crippen LogP contribution in [0.5, 0.6) is 0 Å². The molecule has 4 aliphatic rings. The molecule has 28 heavy (non-hydrogen) atoms. The Bertz CT molecular complexity index is 665. The Kier molecular flexibility index (Phi) is 5.46. The molecule has 0 aromatic rings. The highest BCUT2D eigenvalue weighted by Gasteiger charge is 2.62. The first-order valence-electron chi connectivity index (χ1n) is 10.5. The first-order valence-corrected chi connectivity index (χ1v) is 10.5. The van der Waals surface area contributed by atoms with Crippen molar-refractivity contribution in [3.8, 4) is 0 Å². The number of ether oxygens (including phenoxy) is 1. The number of carbonyl (C=O) groups excluding carboxylic acids is 2. The lowest BCUT2D eigenvalue weighted by atomic mass is 9.50. The summed E-state index contributed by atoms with van der Waals surface area (Å²) in [4.78, 5) is 26.7. The lowest BCUT2D eigenvalue weighted by Crippen LogP contribution is -2.65. The van der Waals surface area contributed by atoms with Gasteiger partial charge in [-0.3, -0.25) is 9.59 Å². The fourth-order valence-corrected chi connectivity index (χ4v) is 6.73.